The van der Waals surface area contributed by atoms with E-state index in [4.69, 9.17) is 19.2 Å². The first kappa shape index (κ1) is 31.6. The number of hydrogen-bond acceptors (Lipinski definition) is 5. The van der Waals surface area contributed by atoms with Gasteiger partial charge >= 0.3 is 5.97 Å². The van der Waals surface area contributed by atoms with Crippen LogP contribution in [0.4, 0.5) is 4.39 Å². The van der Waals surface area contributed by atoms with E-state index >= 15 is 0 Å². The molecule has 4 fully saturated rings. The van der Waals surface area contributed by atoms with Gasteiger partial charge in [-0.05, 0) is 134 Å². The lowest BCUT2D eigenvalue weighted by Crippen LogP contribution is -2.48. The lowest BCUT2D eigenvalue weighted by Gasteiger charge is -2.57. The molecule has 252 valence electrons. The van der Waals surface area contributed by atoms with E-state index in [0.717, 1.165) is 46.1 Å². The SMILES string of the molecule is Cn1c(COc2ccc(C(C)(OCc3ccc(F)cc3)C(=O)O)cc2)nc2ccc(Oc3ccc(C45CC6CC(CC(C6)C4)C5)cc3)cc21. The Bertz CT molecular complexity index is 1950. The summed E-state index contributed by atoms with van der Waals surface area (Å²) in [4.78, 5) is 17.0. The molecular formula is C41H41FN2O5. The average molecular weight is 661 g/mol. The number of imidazole rings is 1. The fourth-order valence-corrected chi connectivity index (χ4v) is 8.98. The number of aryl methyl sites for hydroxylation is 1. The monoisotopic (exact) mass is 660 g/mol. The third-order valence-corrected chi connectivity index (χ3v) is 11.3. The van der Waals surface area contributed by atoms with Gasteiger partial charge in [-0.3, -0.25) is 0 Å². The summed E-state index contributed by atoms with van der Waals surface area (Å²) in [6.07, 6.45) is 8.41. The number of nitrogens with zero attached hydrogens (tertiary/aromatic N) is 2. The summed E-state index contributed by atoms with van der Waals surface area (Å²) in [5.74, 6) is 4.18. The number of ether oxygens (including phenoxy) is 3. The summed E-state index contributed by atoms with van der Waals surface area (Å²) in [5.41, 5.74) is 3.19. The molecule has 4 aliphatic carbocycles. The predicted octanol–water partition coefficient (Wildman–Crippen LogP) is 9.07. The van der Waals surface area contributed by atoms with Crippen LogP contribution in [0.15, 0.2) is 91.0 Å². The molecule has 49 heavy (non-hydrogen) atoms. The average Bonchev–Trinajstić information content (AvgIpc) is 3.41. The van der Waals surface area contributed by atoms with Gasteiger partial charge in [-0.1, -0.05) is 36.4 Å². The lowest BCUT2D eigenvalue weighted by atomic mass is 9.48. The molecule has 0 aliphatic heterocycles. The van der Waals surface area contributed by atoms with Crippen molar-refractivity contribution in [3.63, 3.8) is 0 Å². The fraction of sp³-hybridized carbons (Fsp3) is 0.366. The third-order valence-electron chi connectivity index (χ3n) is 11.3. The maximum atomic E-state index is 13.3. The van der Waals surface area contributed by atoms with Gasteiger partial charge in [-0.2, -0.15) is 0 Å². The molecule has 8 heteroatoms. The summed E-state index contributed by atoms with van der Waals surface area (Å²) in [5, 5.41) is 9.99. The van der Waals surface area contributed by atoms with Crippen molar-refractivity contribution >= 4 is 17.0 Å². The van der Waals surface area contributed by atoms with E-state index in [1.807, 2.05) is 29.8 Å². The van der Waals surface area contributed by atoms with Gasteiger partial charge in [0.25, 0.3) is 0 Å². The number of benzene rings is 4. The van der Waals surface area contributed by atoms with Crippen LogP contribution in [0.1, 0.15) is 68.0 Å². The molecule has 0 spiro atoms. The van der Waals surface area contributed by atoms with Crippen LogP contribution in [-0.2, 0) is 40.8 Å². The van der Waals surface area contributed by atoms with E-state index in [-0.39, 0.29) is 19.0 Å². The summed E-state index contributed by atoms with van der Waals surface area (Å²) in [6.45, 7) is 1.75. The second kappa shape index (κ2) is 12.3. The normalized spacial score (nSPS) is 23.8. The molecule has 4 aliphatic rings. The molecule has 0 radical (unpaired) electrons. The number of carboxylic acids is 1. The Labute approximate surface area is 285 Å². The minimum atomic E-state index is -1.60. The molecular weight excluding hydrogens is 619 g/mol. The first-order valence-corrected chi connectivity index (χ1v) is 17.2. The van der Waals surface area contributed by atoms with E-state index in [1.54, 1.807) is 36.4 Å². The fourth-order valence-electron chi connectivity index (χ4n) is 8.98. The van der Waals surface area contributed by atoms with Gasteiger partial charge in [0.15, 0.2) is 5.60 Å². The quantitative estimate of drug-likeness (QED) is 0.152. The molecule has 1 unspecified atom stereocenters. The van der Waals surface area contributed by atoms with Crippen LogP contribution in [0.2, 0.25) is 0 Å². The number of carboxylic acid groups (broad SMARTS) is 1. The number of aromatic nitrogens is 2. The van der Waals surface area contributed by atoms with Gasteiger partial charge < -0.3 is 23.9 Å². The summed E-state index contributed by atoms with van der Waals surface area (Å²) in [7, 11) is 1.96. The number of rotatable bonds is 11. The molecule has 1 heterocycles. The van der Waals surface area contributed by atoms with Gasteiger partial charge in [0.05, 0.1) is 17.6 Å². The summed E-state index contributed by atoms with van der Waals surface area (Å²) < 4.78 is 33.5. The number of hydrogen-bond donors (Lipinski definition) is 1. The molecule has 1 atom stereocenters. The van der Waals surface area contributed by atoms with Crippen molar-refractivity contribution in [2.45, 2.75) is 69.7 Å². The number of fused-ring (bicyclic) bond motifs is 1. The van der Waals surface area contributed by atoms with Gasteiger partial charge in [-0.15, -0.1) is 0 Å². The minimum absolute atomic E-state index is 0.0226. The van der Waals surface area contributed by atoms with Crippen LogP contribution in [-0.4, -0.2) is 20.6 Å². The Balaban J connectivity index is 0.912. The van der Waals surface area contributed by atoms with E-state index in [1.165, 1.54) is 63.1 Å². The molecule has 0 amide bonds. The highest BCUT2D eigenvalue weighted by Crippen LogP contribution is 2.60. The Morgan fingerprint density at radius 2 is 1.47 bits per heavy atom. The molecule has 7 nitrogen and oxygen atoms in total. The Hall–Kier alpha value is -4.69. The Kier molecular flexibility index (Phi) is 7.94. The van der Waals surface area contributed by atoms with Crippen molar-refractivity contribution in [3.8, 4) is 17.2 Å². The molecule has 1 aromatic heterocycles. The van der Waals surface area contributed by atoms with Gasteiger partial charge in [-0.25, -0.2) is 14.2 Å². The van der Waals surface area contributed by atoms with E-state index in [2.05, 4.69) is 24.3 Å². The van der Waals surface area contributed by atoms with Crippen molar-refractivity contribution in [2.24, 2.45) is 24.8 Å². The highest BCUT2D eigenvalue weighted by Gasteiger charge is 2.51. The van der Waals surface area contributed by atoms with Crippen LogP contribution >= 0.6 is 0 Å². The van der Waals surface area contributed by atoms with Crippen molar-refractivity contribution in [1.82, 2.24) is 9.55 Å². The molecule has 9 rings (SSSR count). The molecule has 0 saturated heterocycles. The summed E-state index contributed by atoms with van der Waals surface area (Å²) >= 11 is 0. The minimum Gasteiger partial charge on any atom is -0.486 e. The number of carbonyl (C=O) groups is 1. The zero-order valence-electron chi connectivity index (χ0n) is 27.9. The Morgan fingerprint density at radius 1 is 0.857 bits per heavy atom. The van der Waals surface area contributed by atoms with Crippen LogP contribution in [0.5, 0.6) is 17.2 Å². The van der Waals surface area contributed by atoms with Crippen molar-refractivity contribution in [1.29, 1.82) is 0 Å². The molecule has 4 bridgehead atoms. The first-order chi connectivity index (χ1) is 23.7. The first-order valence-electron chi connectivity index (χ1n) is 17.2. The van der Waals surface area contributed by atoms with Gasteiger partial charge in [0.2, 0.25) is 0 Å². The number of halogens is 1. The van der Waals surface area contributed by atoms with Crippen LogP contribution < -0.4 is 9.47 Å². The van der Waals surface area contributed by atoms with E-state index in [0.29, 0.717) is 22.3 Å². The Morgan fingerprint density at radius 3 is 2.10 bits per heavy atom. The zero-order valence-corrected chi connectivity index (χ0v) is 27.9. The third kappa shape index (κ3) is 6.07. The zero-order chi connectivity index (χ0) is 33.8. The van der Waals surface area contributed by atoms with Gasteiger partial charge in [0, 0.05) is 13.1 Å². The second-order valence-electron chi connectivity index (χ2n) is 14.6. The van der Waals surface area contributed by atoms with E-state index < -0.39 is 11.6 Å². The van der Waals surface area contributed by atoms with E-state index in [9.17, 15) is 14.3 Å². The summed E-state index contributed by atoms with van der Waals surface area (Å²) in [6, 6.07) is 27.4. The predicted molar refractivity (Wildman–Crippen MR) is 184 cm³/mol. The maximum absolute atomic E-state index is 13.3. The largest absolute Gasteiger partial charge is 0.486 e. The molecule has 1 N–H and O–H groups in total. The van der Waals surface area contributed by atoms with Crippen molar-refractivity contribution < 1.29 is 28.5 Å². The molecule has 5 aromatic rings. The van der Waals surface area contributed by atoms with Crippen molar-refractivity contribution in [3.05, 3.63) is 119 Å². The smallest absolute Gasteiger partial charge is 0.340 e. The van der Waals surface area contributed by atoms with Gasteiger partial charge in [0.1, 0.15) is 35.5 Å². The van der Waals surface area contributed by atoms with Crippen LogP contribution in [0.25, 0.3) is 11.0 Å². The second-order valence-corrected chi connectivity index (χ2v) is 14.6. The highest BCUT2D eigenvalue weighted by atomic mass is 19.1. The highest BCUT2D eigenvalue weighted by molar-refractivity contribution is 5.79. The molecule has 4 aromatic carbocycles. The topological polar surface area (TPSA) is 82.8 Å². The number of aliphatic carboxylic acids is 1. The lowest BCUT2D eigenvalue weighted by molar-refractivity contribution is -0.167. The van der Waals surface area contributed by atoms with Crippen molar-refractivity contribution in [2.75, 3.05) is 0 Å². The maximum Gasteiger partial charge on any atom is 0.340 e. The molecule has 4 saturated carbocycles. The van der Waals surface area contributed by atoms with Crippen LogP contribution in [0, 0.1) is 23.6 Å². The van der Waals surface area contributed by atoms with Crippen LogP contribution in [0.3, 0.4) is 0 Å². The standard InChI is InChI=1S/C41H41FN2O5/c1-40(39(45)46,48-24-26-3-9-32(42)10-4-26)30-5-11-33(12-6-30)47-25-38-43-36-16-15-35(20-37(36)44(38)2)49-34-13-7-31(8-14-34)41-21-27-17-28(22-41)19-29(18-27)23-41/h3-16,20,27-29H,17-19,21-25H2,1-2H3,(H,45,46).